The van der Waals surface area contributed by atoms with E-state index in [0.29, 0.717) is 12.3 Å². The summed E-state index contributed by atoms with van der Waals surface area (Å²) >= 11 is 0. The van der Waals surface area contributed by atoms with Gasteiger partial charge in [0, 0.05) is 17.8 Å². The molecule has 5 heteroatoms. The molecule has 3 unspecified atom stereocenters. The second kappa shape index (κ2) is 8.64. The van der Waals surface area contributed by atoms with Gasteiger partial charge >= 0.3 is 5.97 Å². The van der Waals surface area contributed by atoms with E-state index < -0.39 is 12.0 Å². The smallest absolute Gasteiger partial charge is 0.320 e. The Morgan fingerprint density at radius 3 is 2.36 bits per heavy atom. The molecule has 4 rings (SSSR count). The van der Waals surface area contributed by atoms with Gasteiger partial charge in [-0.2, -0.15) is 0 Å². The number of carboxylic acids is 1. The highest BCUT2D eigenvalue weighted by molar-refractivity contribution is 5.95. The first-order chi connectivity index (χ1) is 13.6. The first-order valence-corrected chi connectivity index (χ1v) is 11.0. The SMILES string of the molecule is O=C(O)C1CC2CCCCC2N1CC(=O)N(c1ccccc1)C1CCCCC1. The lowest BCUT2D eigenvalue weighted by atomic mass is 9.85. The lowest BCUT2D eigenvalue weighted by Crippen LogP contribution is -2.51. The van der Waals surface area contributed by atoms with Crippen LogP contribution in [-0.2, 0) is 9.59 Å². The van der Waals surface area contributed by atoms with Gasteiger partial charge in [-0.05, 0) is 50.2 Å². The number of carbonyl (C=O) groups is 2. The second-order valence-corrected chi connectivity index (χ2v) is 8.77. The Bertz CT molecular complexity index is 686. The van der Waals surface area contributed by atoms with E-state index in [9.17, 15) is 14.7 Å². The average molecular weight is 385 g/mol. The van der Waals surface area contributed by atoms with Gasteiger partial charge in [0.2, 0.25) is 5.91 Å². The number of amides is 1. The Morgan fingerprint density at radius 2 is 1.64 bits per heavy atom. The van der Waals surface area contributed by atoms with Crippen LogP contribution in [0.4, 0.5) is 5.69 Å². The maximum absolute atomic E-state index is 13.5. The minimum absolute atomic E-state index is 0.0653. The normalized spacial score (nSPS) is 28.6. The number of benzene rings is 1. The molecule has 3 aliphatic rings. The maximum Gasteiger partial charge on any atom is 0.320 e. The fraction of sp³-hybridized carbons (Fsp3) is 0.652. The van der Waals surface area contributed by atoms with Crippen molar-refractivity contribution in [2.45, 2.75) is 82.3 Å². The van der Waals surface area contributed by atoms with Crippen molar-refractivity contribution < 1.29 is 14.7 Å². The van der Waals surface area contributed by atoms with Crippen LogP contribution in [0.3, 0.4) is 0 Å². The molecule has 1 aromatic carbocycles. The van der Waals surface area contributed by atoms with Crippen molar-refractivity contribution in [3.63, 3.8) is 0 Å². The van der Waals surface area contributed by atoms with Gasteiger partial charge in [-0.15, -0.1) is 0 Å². The van der Waals surface area contributed by atoms with Crippen LogP contribution in [0.5, 0.6) is 0 Å². The van der Waals surface area contributed by atoms with E-state index in [1.807, 2.05) is 40.1 Å². The van der Waals surface area contributed by atoms with Gasteiger partial charge < -0.3 is 10.0 Å². The summed E-state index contributed by atoms with van der Waals surface area (Å²) in [5.74, 6) is -0.274. The van der Waals surface area contributed by atoms with E-state index in [-0.39, 0.29) is 24.5 Å². The zero-order valence-corrected chi connectivity index (χ0v) is 16.6. The molecular weight excluding hydrogens is 352 g/mol. The van der Waals surface area contributed by atoms with Gasteiger partial charge in [0.25, 0.3) is 0 Å². The van der Waals surface area contributed by atoms with Gasteiger partial charge in [0.15, 0.2) is 0 Å². The summed E-state index contributed by atoms with van der Waals surface area (Å²) in [5, 5.41) is 9.78. The molecule has 1 N–H and O–H groups in total. The van der Waals surface area contributed by atoms with Crippen LogP contribution in [0.25, 0.3) is 0 Å². The van der Waals surface area contributed by atoms with Crippen molar-refractivity contribution in [3.05, 3.63) is 30.3 Å². The van der Waals surface area contributed by atoms with Crippen molar-refractivity contribution in [2.24, 2.45) is 5.92 Å². The standard InChI is InChI=1S/C23H32N2O3/c26-22(16-24-20-14-8-7-9-17(20)15-21(24)23(27)28)25(18-10-3-1-4-11-18)19-12-5-2-6-13-19/h1,3-4,10-11,17,19-21H,2,5-9,12-16H2,(H,27,28). The number of anilines is 1. The number of fused-ring (bicyclic) bond motifs is 1. The summed E-state index contributed by atoms with van der Waals surface area (Å²) in [4.78, 5) is 29.4. The number of likely N-dealkylation sites (tertiary alicyclic amines) is 1. The molecule has 1 amide bonds. The molecular formula is C23H32N2O3. The summed E-state index contributed by atoms with van der Waals surface area (Å²) in [7, 11) is 0. The Labute approximate surface area is 167 Å². The topological polar surface area (TPSA) is 60.9 Å². The number of carbonyl (C=O) groups excluding carboxylic acids is 1. The van der Waals surface area contributed by atoms with Crippen molar-refractivity contribution >= 4 is 17.6 Å². The number of carboxylic acid groups (broad SMARTS) is 1. The number of rotatable bonds is 5. The fourth-order valence-corrected chi connectivity index (χ4v) is 5.74. The van der Waals surface area contributed by atoms with Crippen molar-refractivity contribution in [2.75, 3.05) is 11.4 Å². The molecule has 0 radical (unpaired) electrons. The summed E-state index contributed by atoms with van der Waals surface area (Å²) in [5.41, 5.74) is 0.950. The predicted molar refractivity (Wildman–Crippen MR) is 109 cm³/mol. The van der Waals surface area contributed by atoms with Crippen LogP contribution in [0.1, 0.15) is 64.2 Å². The average Bonchev–Trinajstić information content (AvgIpc) is 3.09. The largest absolute Gasteiger partial charge is 0.480 e. The molecule has 1 heterocycles. The molecule has 152 valence electrons. The van der Waals surface area contributed by atoms with E-state index in [1.165, 1.54) is 12.8 Å². The Morgan fingerprint density at radius 1 is 0.964 bits per heavy atom. The molecule has 2 saturated carbocycles. The van der Waals surface area contributed by atoms with Crippen LogP contribution in [0.2, 0.25) is 0 Å². The molecule has 0 bridgehead atoms. The second-order valence-electron chi connectivity index (χ2n) is 8.77. The number of nitrogens with zero attached hydrogens (tertiary/aromatic N) is 2. The van der Waals surface area contributed by atoms with Crippen LogP contribution < -0.4 is 4.90 Å². The zero-order chi connectivity index (χ0) is 19.5. The lowest BCUT2D eigenvalue weighted by molar-refractivity contribution is -0.143. The minimum Gasteiger partial charge on any atom is -0.480 e. The molecule has 0 spiro atoms. The predicted octanol–water partition coefficient (Wildman–Crippen LogP) is 4.07. The summed E-state index contributed by atoms with van der Waals surface area (Å²) < 4.78 is 0. The van der Waals surface area contributed by atoms with Crippen molar-refractivity contribution in [3.8, 4) is 0 Å². The third kappa shape index (κ3) is 3.95. The third-order valence-electron chi connectivity index (χ3n) is 7.07. The Kier molecular flexibility index (Phi) is 6.00. The molecule has 1 aromatic rings. The molecule has 1 aliphatic heterocycles. The van der Waals surface area contributed by atoms with Crippen molar-refractivity contribution in [1.29, 1.82) is 0 Å². The molecule has 0 aromatic heterocycles. The highest BCUT2D eigenvalue weighted by atomic mass is 16.4. The molecule has 5 nitrogen and oxygen atoms in total. The molecule has 3 fully saturated rings. The van der Waals surface area contributed by atoms with E-state index in [1.54, 1.807) is 0 Å². The van der Waals surface area contributed by atoms with Crippen LogP contribution in [0, 0.1) is 5.92 Å². The highest BCUT2D eigenvalue weighted by Crippen LogP contribution is 2.40. The van der Waals surface area contributed by atoms with E-state index in [4.69, 9.17) is 0 Å². The van der Waals surface area contributed by atoms with Crippen LogP contribution in [-0.4, -0.2) is 46.6 Å². The first-order valence-electron chi connectivity index (χ1n) is 11.0. The number of para-hydroxylation sites is 1. The molecule has 3 atom stereocenters. The van der Waals surface area contributed by atoms with Gasteiger partial charge in [-0.3, -0.25) is 14.5 Å². The quantitative estimate of drug-likeness (QED) is 0.831. The lowest BCUT2D eigenvalue weighted by Gasteiger charge is -2.38. The van der Waals surface area contributed by atoms with Gasteiger partial charge in [0.05, 0.1) is 6.54 Å². The van der Waals surface area contributed by atoms with Crippen molar-refractivity contribution in [1.82, 2.24) is 4.90 Å². The summed E-state index contributed by atoms with van der Waals surface area (Å²) in [6.45, 7) is 0.226. The molecule has 2 aliphatic carbocycles. The minimum atomic E-state index is -0.772. The highest BCUT2D eigenvalue weighted by Gasteiger charge is 2.46. The molecule has 1 saturated heterocycles. The fourth-order valence-electron chi connectivity index (χ4n) is 5.74. The monoisotopic (exact) mass is 384 g/mol. The summed E-state index contributed by atoms with van der Waals surface area (Å²) in [6.07, 6.45) is 10.8. The van der Waals surface area contributed by atoms with E-state index in [2.05, 4.69) is 0 Å². The van der Waals surface area contributed by atoms with Gasteiger partial charge in [0.1, 0.15) is 6.04 Å². The van der Waals surface area contributed by atoms with Gasteiger partial charge in [-0.1, -0.05) is 50.3 Å². The number of hydrogen-bond donors (Lipinski definition) is 1. The summed E-state index contributed by atoms with van der Waals surface area (Å²) in [6, 6.07) is 9.92. The maximum atomic E-state index is 13.5. The van der Waals surface area contributed by atoms with E-state index >= 15 is 0 Å². The van der Waals surface area contributed by atoms with Crippen LogP contribution in [0.15, 0.2) is 30.3 Å². The van der Waals surface area contributed by atoms with E-state index in [0.717, 1.165) is 50.6 Å². The number of aliphatic carboxylic acids is 1. The number of hydrogen-bond acceptors (Lipinski definition) is 3. The zero-order valence-electron chi connectivity index (χ0n) is 16.6. The molecule has 28 heavy (non-hydrogen) atoms. The Hall–Kier alpha value is -1.88. The Balaban J connectivity index is 1.56. The van der Waals surface area contributed by atoms with Gasteiger partial charge in [-0.25, -0.2) is 0 Å². The first kappa shape index (κ1) is 19.4. The third-order valence-corrected chi connectivity index (χ3v) is 7.07. The van der Waals surface area contributed by atoms with Crippen LogP contribution >= 0.6 is 0 Å².